The lowest BCUT2D eigenvalue weighted by molar-refractivity contribution is 0.0980. The van der Waals surface area contributed by atoms with Gasteiger partial charge in [-0.1, -0.05) is 37.6 Å². The molecule has 0 fully saturated rings. The van der Waals surface area contributed by atoms with E-state index in [0.29, 0.717) is 17.5 Å². The molecule has 0 spiro atoms. The Kier molecular flexibility index (Phi) is 4.76. The predicted molar refractivity (Wildman–Crippen MR) is 68.1 cm³/mol. The second-order valence-electron chi connectivity index (χ2n) is 4.04. The molecule has 0 aromatic heterocycles. The van der Waals surface area contributed by atoms with Gasteiger partial charge >= 0.3 is 0 Å². The van der Waals surface area contributed by atoms with Gasteiger partial charge in [-0.05, 0) is 13.3 Å². The highest BCUT2D eigenvalue weighted by molar-refractivity contribution is 5.96. The highest BCUT2D eigenvalue weighted by Gasteiger charge is 2.07. The molecule has 0 heterocycles. The molecule has 0 unspecified atom stereocenters. The van der Waals surface area contributed by atoms with Crippen LogP contribution in [0, 0.1) is 0 Å². The van der Waals surface area contributed by atoms with Crippen LogP contribution >= 0.6 is 0 Å². The summed E-state index contributed by atoms with van der Waals surface area (Å²) in [5, 5.41) is 18.6. The summed E-state index contributed by atoms with van der Waals surface area (Å²) in [4.78, 5) is 11.7. The van der Waals surface area contributed by atoms with Crippen molar-refractivity contribution in [3.63, 3.8) is 0 Å². The predicted octanol–water partition coefficient (Wildman–Crippen LogP) is 3.86. The highest BCUT2D eigenvalue weighted by Crippen LogP contribution is 2.16. The average molecular weight is 234 g/mol. The molecule has 0 bridgehead atoms. The van der Waals surface area contributed by atoms with E-state index in [1.807, 2.05) is 6.92 Å². The Morgan fingerprint density at radius 1 is 1.12 bits per heavy atom. The lowest BCUT2D eigenvalue weighted by Gasteiger charge is -2.04. The Balaban J connectivity index is 2.82. The van der Waals surface area contributed by atoms with Gasteiger partial charge in [-0.3, -0.25) is 4.79 Å². The van der Waals surface area contributed by atoms with Crippen LogP contribution in [0.5, 0.6) is 0 Å². The number of unbranched alkanes of at least 4 members (excludes halogenated alkanes) is 1. The van der Waals surface area contributed by atoms with Gasteiger partial charge in [0.15, 0.2) is 11.5 Å². The fourth-order valence-corrected chi connectivity index (χ4v) is 1.50. The molecule has 3 heteroatoms. The van der Waals surface area contributed by atoms with Gasteiger partial charge in [0.05, 0.1) is 0 Å². The van der Waals surface area contributed by atoms with Crippen LogP contribution in [0.1, 0.15) is 49.0 Å². The minimum Gasteiger partial charge on any atom is -0.509 e. The third-order valence-corrected chi connectivity index (χ3v) is 2.58. The molecular weight excluding hydrogens is 216 g/mol. The molecule has 0 amide bonds. The zero-order chi connectivity index (χ0) is 12.8. The van der Waals surface area contributed by atoms with Gasteiger partial charge in [-0.15, -0.1) is 0 Å². The normalized spacial score (nSPS) is 12.1. The number of aliphatic hydroxyl groups is 2. The van der Waals surface area contributed by atoms with Crippen molar-refractivity contribution in [3.05, 3.63) is 41.2 Å². The van der Waals surface area contributed by atoms with E-state index in [4.69, 9.17) is 5.11 Å². The number of carbonyl (C=O) groups is 1. The van der Waals surface area contributed by atoms with Crippen molar-refractivity contribution in [2.45, 2.75) is 33.1 Å². The van der Waals surface area contributed by atoms with Crippen LogP contribution in [0.3, 0.4) is 0 Å². The van der Waals surface area contributed by atoms with Crippen LogP contribution in [0.25, 0.3) is 5.76 Å². The fourth-order valence-electron chi connectivity index (χ4n) is 1.50. The molecule has 17 heavy (non-hydrogen) atoms. The van der Waals surface area contributed by atoms with Crippen molar-refractivity contribution in [3.8, 4) is 0 Å². The molecule has 1 rings (SSSR count). The number of hydrogen-bond donors (Lipinski definition) is 2. The summed E-state index contributed by atoms with van der Waals surface area (Å²) in [7, 11) is 0. The highest BCUT2D eigenvalue weighted by atomic mass is 16.3. The van der Waals surface area contributed by atoms with Crippen LogP contribution in [0.2, 0.25) is 0 Å². The van der Waals surface area contributed by atoms with Gasteiger partial charge in [0.2, 0.25) is 0 Å². The summed E-state index contributed by atoms with van der Waals surface area (Å²) in [5.74, 6) is -0.171. The number of Topliss-reactive ketones (excluding diaryl/α,β-unsaturated/α-hetero) is 1. The number of carbonyl (C=O) groups excluding carboxylic acids is 1. The van der Waals surface area contributed by atoms with Crippen molar-refractivity contribution >= 4 is 11.5 Å². The average Bonchev–Trinajstić information content (AvgIpc) is 2.35. The Labute approximate surface area is 101 Å². The third-order valence-electron chi connectivity index (χ3n) is 2.58. The topological polar surface area (TPSA) is 57.5 Å². The number of aliphatic hydroxyl groups excluding tert-OH is 2. The maximum absolute atomic E-state index is 11.7. The van der Waals surface area contributed by atoms with E-state index >= 15 is 0 Å². The van der Waals surface area contributed by atoms with Crippen LogP contribution in [-0.4, -0.2) is 16.0 Å². The van der Waals surface area contributed by atoms with Crippen molar-refractivity contribution < 1.29 is 15.0 Å². The third kappa shape index (κ3) is 3.63. The maximum atomic E-state index is 11.7. The molecule has 3 nitrogen and oxygen atoms in total. The summed E-state index contributed by atoms with van der Waals surface area (Å²) in [6, 6.07) is 6.61. The molecule has 2 N–H and O–H groups in total. The second kappa shape index (κ2) is 6.09. The van der Waals surface area contributed by atoms with Gasteiger partial charge in [-0.25, -0.2) is 0 Å². The molecule has 0 saturated carbocycles. The molecule has 0 aliphatic carbocycles. The molecule has 92 valence electrons. The van der Waals surface area contributed by atoms with Gasteiger partial charge in [0, 0.05) is 17.5 Å². The van der Waals surface area contributed by atoms with Gasteiger partial charge in [0.1, 0.15) is 5.76 Å². The summed E-state index contributed by atoms with van der Waals surface area (Å²) in [6.07, 6.45) is 2.44. The summed E-state index contributed by atoms with van der Waals surface area (Å²) >= 11 is 0. The lowest BCUT2D eigenvalue weighted by atomic mass is 10.0. The molecule has 0 radical (unpaired) electrons. The van der Waals surface area contributed by atoms with Crippen LogP contribution in [0.15, 0.2) is 30.0 Å². The van der Waals surface area contributed by atoms with Crippen molar-refractivity contribution in [1.29, 1.82) is 0 Å². The summed E-state index contributed by atoms with van der Waals surface area (Å²) in [5.41, 5.74) is 1.16. The molecule has 1 aromatic rings. The van der Waals surface area contributed by atoms with E-state index in [-0.39, 0.29) is 17.3 Å². The molecule has 0 saturated heterocycles. The number of rotatable bonds is 5. The number of ketones is 1. The van der Waals surface area contributed by atoms with E-state index < -0.39 is 0 Å². The first-order chi connectivity index (χ1) is 8.06. The van der Waals surface area contributed by atoms with Crippen LogP contribution in [0.4, 0.5) is 0 Å². The van der Waals surface area contributed by atoms with E-state index in [1.54, 1.807) is 24.3 Å². The van der Waals surface area contributed by atoms with E-state index in [1.165, 1.54) is 6.92 Å². The van der Waals surface area contributed by atoms with E-state index in [0.717, 1.165) is 12.8 Å². The Hall–Kier alpha value is -1.77. The Morgan fingerprint density at radius 2 is 1.65 bits per heavy atom. The first-order valence-corrected chi connectivity index (χ1v) is 5.78. The first-order valence-electron chi connectivity index (χ1n) is 5.78. The lowest BCUT2D eigenvalue weighted by Crippen LogP contribution is -1.99. The molecule has 1 aromatic carbocycles. The molecular formula is C14H18O3. The SMILES string of the molecule is CCCCC(=O)c1ccc(/C(O)=C(\C)O)cc1. The number of hydrogen-bond acceptors (Lipinski definition) is 3. The van der Waals surface area contributed by atoms with Crippen LogP contribution in [-0.2, 0) is 0 Å². The molecule has 0 atom stereocenters. The minimum absolute atomic E-state index is 0.114. The molecule has 0 aliphatic heterocycles. The zero-order valence-electron chi connectivity index (χ0n) is 10.2. The summed E-state index contributed by atoms with van der Waals surface area (Å²) in [6.45, 7) is 3.46. The van der Waals surface area contributed by atoms with Gasteiger partial charge in [-0.2, -0.15) is 0 Å². The van der Waals surface area contributed by atoms with E-state index in [9.17, 15) is 9.90 Å². The van der Waals surface area contributed by atoms with Gasteiger partial charge in [0.25, 0.3) is 0 Å². The van der Waals surface area contributed by atoms with Crippen molar-refractivity contribution in [2.24, 2.45) is 0 Å². The zero-order valence-corrected chi connectivity index (χ0v) is 10.2. The monoisotopic (exact) mass is 234 g/mol. The smallest absolute Gasteiger partial charge is 0.162 e. The van der Waals surface area contributed by atoms with Crippen LogP contribution < -0.4 is 0 Å². The maximum Gasteiger partial charge on any atom is 0.162 e. The second-order valence-corrected chi connectivity index (χ2v) is 4.04. The summed E-state index contributed by atoms with van der Waals surface area (Å²) < 4.78 is 0. The van der Waals surface area contributed by atoms with Crippen molar-refractivity contribution in [2.75, 3.05) is 0 Å². The molecule has 0 aliphatic rings. The van der Waals surface area contributed by atoms with Gasteiger partial charge < -0.3 is 10.2 Å². The Bertz CT molecular complexity index is 412. The van der Waals surface area contributed by atoms with E-state index in [2.05, 4.69) is 0 Å². The first kappa shape index (κ1) is 13.3. The largest absolute Gasteiger partial charge is 0.509 e. The van der Waals surface area contributed by atoms with Crippen molar-refractivity contribution in [1.82, 2.24) is 0 Å². The number of benzene rings is 1. The fraction of sp³-hybridized carbons (Fsp3) is 0.357. The quantitative estimate of drug-likeness (QED) is 0.600. The number of allylic oxidation sites excluding steroid dienone is 1. The minimum atomic E-state index is -0.155. The Morgan fingerprint density at radius 3 is 2.12 bits per heavy atom. The standard InChI is InChI=1S/C14H18O3/c1-3-4-5-13(16)11-6-8-12(9-7-11)14(17)10(2)15/h6-9,15,17H,3-5H2,1-2H3/b14-10-.